The van der Waals surface area contributed by atoms with Gasteiger partial charge in [0.1, 0.15) is 11.6 Å². The lowest BCUT2D eigenvalue weighted by Crippen LogP contribution is -2.19. The van der Waals surface area contributed by atoms with E-state index in [2.05, 4.69) is 10.2 Å². The van der Waals surface area contributed by atoms with Crippen LogP contribution < -0.4 is 11.1 Å². The number of halogens is 2. The maximum absolute atomic E-state index is 13.0. The Morgan fingerprint density at radius 3 is 2.28 bits per heavy atom. The normalized spacial score (nSPS) is 9.40. The Morgan fingerprint density at radius 1 is 1.16 bits per heavy atom. The van der Waals surface area contributed by atoms with Crippen LogP contribution in [0.15, 0.2) is 36.4 Å². The number of rotatable bonds is 3. The summed E-state index contributed by atoms with van der Waals surface area (Å²) in [6.07, 6.45) is 0. The molecule has 0 radical (unpaired) electrons. The molecule has 2 aromatic carbocycles. The standard InChI is InChI=1S/C9H11FN2O.C8H4FNO2/c1-12-9(13)7-4-6(5-11)2-3-8(7)10;1-10-5-2-3-7(9)6(4-5)8(11)12/h2-4H,5,11H2,1H3,(H,12,13);2-4H,(H,11,12). The van der Waals surface area contributed by atoms with Crippen molar-refractivity contribution in [3.8, 4) is 0 Å². The number of hydrogen-bond acceptors (Lipinski definition) is 3. The van der Waals surface area contributed by atoms with E-state index in [-0.39, 0.29) is 11.3 Å². The van der Waals surface area contributed by atoms with Gasteiger partial charge in [-0.2, -0.15) is 0 Å². The maximum atomic E-state index is 13.0. The van der Waals surface area contributed by atoms with Gasteiger partial charge in [-0.3, -0.25) is 4.79 Å². The van der Waals surface area contributed by atoms with Crippen LogP contribution >= 0.6 is 0 Å². The third-order valence-corrected chi connectivity index (χ3v) is 3.05. The lowest BCUT2D eigenvalue weighted by atomic mass is 10.1. The second-order valence-electron chi connectivity index (χ2n) is 4.68. The highest BCUT2D eigenvalue weighted by atomic mass is 19.1. The van der Waals surface area contributed by atoms with Gasteiger partial charge in [0.2, 0.25) is 0 Å². The average molecular weight is 347 g/mol. The molecule has 0 bridgehead atoms. The number of carboxylic acids is 1. The highest BCUT2D eigenvalue weighted by molar-refractivity contribution is 5.94. The molecule has 0 spiro atoms. The summed E-state index contributed by atoms with van der Waals surface area (Å²) in [5, 5.41) is 10.8. The number of benzene rings is 2. The van der Waals surface area contributed by atoms with Crippen LogP contribution in [0.25, 0.3) is 4.85 Å². The topological polar surface area (TPSA) is 96.8 Å². The van der Waals surface area contributed by atoms with Crippen LogP contribution in [0.5, 0.6) is 0 Å². The molecule has 25 heavy (non-hydrogen) atoms. The van der Waals surface area contributed by atoms with E-state index in [1.165, 1.54) is 25.2 Å². The third-order valence-electron chi connectivity index (χ3n) is 3.05. The summed E-state index contributed by atoms with van der Waals surface area (Å²) < 4.78 is 25.7. The van der Waals surface area contributed by atoms with Crippen molar-refractivity contribution >= 4 is 17.6 Å². The molecule has 0 saturated carbocycles. The van der Waals surface area contributed by atoms with Crippen molar-refractivity contribution in [2.45, 2.75) is 6.54 Å². The number of carbonyl (C=O) groups is 2. The van der Waals surface area contributed by atoms with E-state index in [1.54, 1.807) is 6.07 Å². The first-order valence-electron chi connectivity index (χ1n) is 6.94. The minimum atomic E-state index is -1.36. The third kappa shape index (κ3) is 5.37. The molecule has 4 N–H and O–H groups in total. The SMILES string of the molecule is CNC(=O)c1cc(CN)ccc1F.[C-]#[N+]c1ccc(F)c(C(=O)O)c1. The largest absolute Gasteiger partial charge is 0.478 e. The average Bonchev–Trinajstić information content (AvgIpc) is 2.62. The molecule has 0 heterocycles. The molecule has 0 unspecified atom stereocenters. The lowest BCUT2D eigenvalue weighted by Gasteiger charge is -2.03. The number of nitrogens with one attached hydrogen (secondary N) is 1. The molecule has 0 aliphatic heterocycles. The van der Waals surface area contributed by atoms with Crippen molar-refractivity contribution in [1.29, 1.82) is 0 Å². The number of amides is 1. The van der Waals surface area contributed by atoms with Crippen LogP contribution in [-0.2, 0) is 6.54 Å². The maximum Gasteiger partial charge on any atom is 0.337 e. The summed E-state index contributed by atoms with van der Waals surface area (Å²) >= 11 is 0. The number of nitrogens with two attached hydrogens (primary N) is 1. The minimum absolute atomic E-state index is 0.0328. The van der Waals surface area contributed by atoms with Crippen molar-refractivity contribution < 1.29 is 23.5 Å². The molecular weight excluding hydrogens is 332 g/mol. The fourth-order valence-corrected chi connectivity index (χ4v) is 1.75. The first-order valence-corrected chi connectivity index (χ1v) is 6.94. The van der Waals surface area contributed by atoms with Gasteiger partial charge in [-0.25, -0.2) is 18.4 Å². The number of aromatic carboxylic acids is 1. The van der Waals surface area contributed by atoms with E-state index in [0.717, 1.165) is 17.7 Å². The summed E-state index contributed by atoms with van der Waals surface area (Å²) in [7, 11) is 1.46. The Hall–Kier alpha value is -3.31. The van der Waals surface area contributed by atoms with Gasteiger partial charge in [-0.15, -0.1) is 0 Å². The Morgan fingerprint density at radius 2 is 1.76 bits per heavy atom. The molecule has 8 heteroatoms. The van der Waals surface area contributed by atoms with E-state index >= 15 is 0 Å². The number of nitrogens with zero attached hydrogens (tertiary/aromatic N) is 1. The van der Waals surface area contributed by atoms with Crippen LogP contribution in [-0.4, -0.2) is 24.0 Å². The van der Waals surface area contributed by atoms with Crippen LogP contribution in [0, 0.1) is 18.2 Å². The molecular formula is C17H15F2N3O3. The van der Waals surface area contributed by atoms with E-state index < -0.39 is 29.1 Å². The second kappa shape index (κ2) is 9.10. The molecule has 130 valence electrons. The molecule has 2 rings (SSSR count). The lowest BCUT2D eigenvalue weighted by molar-refractivity contribution is 0.0691. The zero-order valence-corrected chi connectivity index (χ0v) is 13.2. The van der Waals surface area contributed by atoms with Crippen molar-refractivity contribution in [2.75, 3.05) is 7.05 Å². The van der Waals surface area contributed by atoms with Crippen LogP contribution in [0.3, 0.4) is 0 Å². The van der Waals surface area contributed by atoms with Crippen LogP contribution in [0.4, 0.5) is 14.5 Å². The Labute approximate surface area is 142 Å². The van der Waals surface area contributed by atoms with Gasteiger partial charge in [0.25, 0.3) is 5.91 Å². The van der Waals surface area contributed by atoms with E-state index in [4.69, 9.17) is 17.4 Å². The zero-order valence-electron chi connectivity index (χ0n) is 13.2. The molecule has 0 aromatic heterocycles. The van der Waals surface area contributed by atoms with Gasteiger partial charge >= 0.3 is 5.97 Å². The predicted octanol–water partition coefficient (Wildman–Crippen LogP) is 2.72. The number of hydrogen-bond donors (Lipinski definition) is 3. The number of carboxylic acid groups (broad SMARTS) is 1. The Kier molecular flexibility index (Phi) is 7.18. The highest BCUT2D eigenvalue weighted by Gasteiger charge is 2.10. The quantitative estimate of drug-likeness (QED) is 0.744. The smallest absolute Gasteiger partial charge is 0.337 e. The Balaban J connectivity index is 0.000000251. The number of carbonyl (C=O) groups excluding carboxylic acids is 1. The Bertz CT molecular complexity index is 832. The molecule has 0 aliphatic carbocycles. The molecule has 0 fully saturated rings. The van der Waals surface area contributed by atoms with Gasteiger partial charge in [-0.05, 0) is 29.8 Å². The van der Waals surface area contributed by atoms with E-state index in [0.29, 0.717) is 6.54 Å². The van der Waals surface area contributed by atoms with Gasteiger partial charge in [0.05, 0.1) is 17.7 Å². The summed E-state index contributed by atoms with van der Waals surface area (Å²) in [6, 6.07) is 7.46. The second-order valence-corrected chi connectivity index (χ2v) is 4.68. The van der Waals surface area contributed by atoms with Crippen LogP contribution in [0.1, 0.15) is 26.3 Å². The molecule has 0 saturated heterocycles. The summed E-state index contributed by atoms with van der Waals surface area (Å²) in [6.45, 7) is 6.86. The molecule has 2 aromatic rings. The van der Waals surface area contributed by atoms with Gasteiger partial charge < -0.3 is 16.2 Å². The fraction of sp³-hybridized carbons (Fsp3) is 0.118. The first kappa shape index (κ1) is 19.7. The van der Waals surface area contributed by atoms with Crippen molar-refractivity contribution in [2.24, 2.45) is 5.73 Å². The molecule has 0 atom stereocenters. The van der Waals surface area contributed by atoms with Crippen molar-refractivity contribution in [1.82, 2.24) is 5.32 Å². The summed E-state index contributed by atoms with van der Waals surface area (Å²) in [5.41, 5.74) is 5.78. The minimum Gasteiger partial charge on any atom is -0.478 e. The highest BCUT2D eigenvalue weighted by Crippen LogP contribution is 2.17. The van der Waals surface area contributed by atoms with Gasteiger partial charge in [-0.1, -0.05) is 12.1 Å². The molecule has 0 aliphatic rings. The fourth-order valence-electron chi connectivity index (χ4n) is 1.75. The van der Waals surface area contributed by atoms with Gasteiger partial charge in [0, 0.05) is 13.6 Å². The van der Waals surface area contributed by atoms with E-state index in [9.17, 15) is 18.4 Å². The van der Waals surface area contributed by atoms with Crippen molar-refractivity contribution in [3.05, 3.63) is 76.1 Å². The zero-order chi connectivity index (χ0) is 19.0. The predicted molar refractivity (Wildman–Crippen MR) is 87.3 cm³/mol. The van der Waals surface area contributed by atoms with Crippen molar-refractivity contribution in [3.63, 3.8) is 0 Å². The summed E-state index contributed by atoms with van der Waals surface area (Å²) in [5.74, 6) is -3.16. The summed E-state index contributed by atoms with van der Waals surface area (Å²) in [4.78, 5) is 24.4. The van der Waals surface area contributed by atoms with Gasteiger partial charge in [0.15, 0.2) is 5.69 Å². The monoisotopic (exact) mass is 347 g/mol. The molecule has 1 amide bonds. The molecule has 6 nitrogen and oxygen atoms in total. The van der Waals surface area contributed by atoms with Crippen LogP contribution in [0.2, 0.25) is 0 Å². The first-order chi connectivity index (χ1) is 11.8. The van der Waals surface area contributed by atoms with E-state index in [1.807, 2.05) is 0 Å².